The maximum Gasteiger partial charge on any atom is 0.0768 e. The summed E-state index contributed by atoms with van der Waals surface area (Å²) in [5.41, 5.74) is 5.54. The molecule has 2 N–H and O–H groups in total. The van der Waals surface area contributed by atoms with Crippen molar-refractivity contribution in [3.63, 3.8) is 0 Å². The fourth-order valence-electron chi connectivity index (χ4n) is 1.15. The summed E-state index contributed by atoms with van der Waals surface area (Å²) in [6, 6.07) is 0.576. The lowest BCUT2D eigenvalue weighted by molar-refractivity contribution is 0.221. The van der Waals surface area contributed by atoms with Crippen LogP contribution in [-0.2, 0) is 0 Å². The number of nitrogens with two attached hydrogens (primary N) is 1. The van der Waals surface area contributed by atoms with Crippen molar-refractivity contribution in [2.45, 2.75) is 33.7 Å². The summed E-state index contributed by atoms with van der Waals surface area (Å²) >= 11 is 4.92. The molecule has 0 aliphatic rings. The topological polar surface area (TPSA) is 29.3 Å². The van der Waals surface area contributed by atoms with Crippen LogP contribution >= 0.6 is 12.2 Å². The minimum atomic E-state index is 0.322. The van der Waals surface area contributed by atoms with E-state index in [0.717, 1.165) is 13.1 Å². The molecule has 2 nitrogen and oxygen atoms in total. The monoisotopic (exact) mass is 188 g/mol. The Hall–Kier alpha value is -0.150. The molecule has 0 aromatic carbocycles. The van der Waals surface area contributed by atoms with Gasteiger partial charge in [-0.05, 0) is 20.4 Å². The van der Waals surface area contributed by atoms with Gasteiger partial charge in [-0.2, -0.15) is 0 Å². The molecule has 0 aliphatic heterocycles. The van der Waals surface area contributed by atoms with Gasteiger partial charge in [-0.15, -0.1) is 0 Å². The number of nitrogens with zero attached hydrogens (tertiary/aromatic N) is 1. The van der Waals surface area contributed by atoms with Gasteiger partial charge in [0.2, 0.25) is 0 Å². The summed E-state index contributed by atoms with van der Waals surface area (Å²) in [5.74, 6) is 0.322. The maximum absolute atomic E-state index is 5.54. The second-order valence-corrected chi connectivity index (χ2v) is 3.96. The highest BCUT2D eigenvalue weighted by molar-refractivity contribution is 7.80. The average Bonchev–Trinajstić information content (AvgIpc) is 1.98. The third kappa shape index (κ3) is 4.02. The van der Waals surface area contributed by atoms with E-state index in [-0.39, 0.29) is 0 Å². The van der Waals surface area contributed by atoms with Gasteiger partial charge in [0, 0.05) is 18.5 Å². The summed E-state index contributed by atoms with van der Waals surface area (Å²) in [6.45, 7) is 10.7. The molecule has 3 heteroatoms. The van der Waals surface area contributed by atoms with Crippen LogP contribution < -0.4 is 5.73 Å². The van der Waals surface area contributed by atoms with E-state index in [1.807, 2.05) is 0 Å². The summed E-state index contributed by atoms with van der Waals surface area (Å²) in [6.07, 6.45) is 0. The quantitative estimate of drug-likeness (QED) is 0.665. The van der Waals surface area contributed by atoms with Crippen LogP contribution in [0.5, 0.6) is 0 Å². The van der Waals surface area contributed by atoms with E-state index in [1.165, 1.54) is 0 Å². The lowest BCUT2D eigenvalue weighted by Crippen LogP contribution is -2.38. The smallest absolute Gasteiger partial charge is 0.0768 e. The van der Waals surface area contributed by atoms with Crippen LogP contribution in [0.4, 0.5) is 0 Å². The molecule has 72 valence electrons. The van der Waals surface area contributed by atoms with Crippen LogP contribution in [0.25, 0.3) is 0 Å². The van der Waals surface area contributed by atoms with Crippen molar-refractivity contribution in [1.29, 1.82) is 0 Å². The molecule has 0 fully saturated rings. The van der Waals surface area contributed by atoms with Crippen molar-refractivity contribution in [3.05, 3.63) is 0 Å². The van der Waals surface area contributed by atoms with Crippen LogP contribution in [0.1, 0.15) is 27.7 Å². The molecule has 0 aromatic heterocycles. The van der Waals surface area contributed by atoms with Gasteiger partial charge in [-0.25, -0.2) is 0 Å². The standard InChI is InChI=1S/C9H20N2S/c1-5-11(7(2)3)6-8(4)9(10)12/h7-8H,5-6H2,1-4H3,(H2,10,12). The molecular weight excluding hydrogens is 168 g/mol. The molecule has 1 unspecified atom stereocenters. The summed E-state index contributed by atoms with van der Waals surface area (Å²) in [4.78, 5) is 2.98. The van der Waals surface area contributed by atoms with Gasteiger partial charge in [0.25, 0.3) is 0 Å². The van der Waals surface area contributed by atoms with Crippen molar-refractivity contribution >= 4 is 17.2 Å². The van der Waals surface area contributed by atoms with Gasteiger partial charge < -0.3 is 10.6 Å². The van der Waals surface area contributed by atoms with E-state index in [2.05, 4.69) is 32.6 Å². The zero-order valence-electron chi connectivity index (χ0n) is 8.50. The molecule has 0 bridgehead atoms. The molecule has 0 saturated carbocycles. The van der Waals surface area contributed by atoms with Gasteiger partial charge in [0.15, 0.2) is 0 Å². The molecule has 0 amide bonds. The molecule has 0 aromatic rings. The van der Waals surface area contributed by atoms with Crippen LogP contribution in [0.2, 0.25) is 0 Å². The van der Waals surface area contributed by atoms with Crippen LogP contribution in [0.3, 0.4) is 0 Å². The van der Waals surface area contributed by atoms with E-state index >= 15 is 0 Å². The largest absolute Gasteiger partial charge is 0.393 e. The molecular formula is C9H20N2S. The Morgan fingerprint density at radius 2 is 1.92 bits per heavy atom. The zero-order valence-corrected chi connectivity index (χ0v) is 9.32. The predicted molar refractivity (Wildman–Crippen MR) is 58.3 cm³/mol. The number of thiocarbonyl (C=S) groups is 1. The van der Waals surface area contributed by atoms with Crippen molar-refractivity contribution in [1.82, 2.24) is 4.90 Å². The predicted octanol–water partition coefficient (Wildman–Crippen LogP) is 1.64. The Morgan fingerprint density at radius 3 is 2.17 bits per heavy atom. The van der Waals surface area contributed by atoms with Crippen LogP contribution in [-0.4, -0.2) is 29.0 Å². The highest BCUT2D eigenvalue weighted by Crippen LogP contribution is 2.04. The van der Waals surface area contributed by atoms with Gasteiger partial charge >= 0.3 is 0 Å². The van der Waals surface area contributed by atoms with Crippen molar-refractivity contribution < 1.29 is 0 Å². The number of hydrogen-bond donors (Lipinski definition) is 1. The Bertz CT molecular complexity index is 145. The van der Waals surface area contributed by atoms with E-state index in [9.17, 15) is 0 Å². The van der Waals surface area contributed by atoms with E-state index in [0.29, 0.717) is 16.9 Å². The summed E-state index contributed by atoms with van der Waals surface area (Å²) in [7, 11) is 0. The SMILES string of the molecule is CCN(CC(C)C(N)=S)C(C)C. The van der Waals surface area contributed by atoms with Crippen molar-refractivity contribution in [2.75, 3.05) is 13.1 Å². The first-order valence-corrected chi connectivity index (χ1v) is 4.93. The molecule has 0 rings (SSSR count). The van der Waals surface area contributed by atoms with Gasteiger partial charge in [0.05, 0.1) is 4.99 Å². The Labute approximate surface area is 81.1 Å². The first-order valence-electron chi connectivity index (χ1n) is 4.52. The highest BCUT2D eigenvalue weighted by Gasteiger charge is 2.12. The minimum Gasteiger partial charge on any atom is -0.393 e. The molecule has 12 heavy (non-hydrogen) atoms. The van der Waals surface area contributed by atoms with Gasteiger partial charge in [0.1, 0.15) is 0 Å². The Kier molecular flexibility index (Phi) is 5.42. The van der Waals surface area contributed by atoms with E-state index in [4.69, 9.17) is 18.0 Å². The normalized spacial score (nSPS) is 13.8. The number of rotatable bonds is 5. The molecule has 0 aliphatic carbocycles. The lowest BCUT2D eigenvalue weighted by Gasteiger charge is -2.27. The highest BCUT2D eigenvalue weighted by atomic mass is 32.1. The second kappa shape index (κ2) is 5.49. The molecule has 1 atom stereocenters. The molecule has 0 spiro atoms. The fourth-order valence-corrected chi connectivity index (χ4v) is 1.22. The molecule has 0 heterocycles. The molecule has 0 saturated heterocycles. The lowest BCUT2D eigenvalue weighted by atomic mass is 10.1. The summed E-state index contributed by atoms with van der Waals surface area (Å²) in [5, 5.41) is 0. The Balaban J connectivity index is 3.93. The van der Waals surface area contributed by atoms with Crippen molar-refractivity contribution in [2.24, 2.45) is 11.7 Å². The van der Waals surface area contributed by atoms with E-state index in [1.54, 1.807) is 0 Å². The first-order chi connectivity index (χ1) is 5.49. The summed E-state index contributed by atoms with van der Waals surface area (Å²) < 4.78 is 0. The van der Waals surface area contributed by atoms with Crippen LogP contribution in [0, 0.1) is 5.92 Å². The maximum atomic E-state index is 5.54. The fraction of sp³-hybridized carbons (Fsp3) is 0.889. The van der Waals surface area contributed by atoms with Crippen molar-refractivity contribution in [3.8, 4) is 0 Å². The average molecular weight is 188 g/mol. The van der Waals surface area contributed by atoms with Crippen LogP contribution in [0.15, 0.2) is 0 Å². The zero-order chi connectivity index (χ0) is 9.72. The minimum absolute atomic E-state index is 0.322. The van der Waals surface area contributed by atoms with Gasteiger partial charge in [-0.3, -0.25) is 0 Å². The van der Waals surface area contributed by atoms with Gasteiger partial charge in [-0.1, -0.05) is 26.1 Å². The third-order valence-electron chi connectivity index (χ3n) is 2.13. The number of hydrogen-bond acceptors (Lipinski definition) is 2. The first kappa shape index (κ1) is 11.8. The van der Waals surface area contributed by atoms with E-state index < -0.39 is 0 Å². The molecule has 0 radical (unpaired) electrons. The third-order valence-corrected chi connectivity index (χ3v) is 2.53. The second-order valence-electron chi connectivity index (χ2n) is 3.48. The Morgan fingerprint density at radius 1 is 1.42 bits per heavy atom.